The number of hydrogen-bond acceptors (Lipinski definition) is 5. The Morgan fingerprint density at radius 1 is 1.30 bits per heavy atom. The first kappa shape index (κ1) is 17.6. The molecule has 1 amide bonds. The van der Waals surface area contributed by atoms with Gasteiger partial charge in [0.25, 0.3) is 11.5 Å². The molecule has 27 heavy (non-hydrogen) atoms. The van der Waals surface area contributed by atoms with Crippen molar-refractivity contribution in [3.8, 4) is 10.7 Å². The van der Waals surface area contributed by atoms with Crippen molar-refractivity contribution in [1.82, 2.24) is 14.9 Å². The molecule has 4 rings (SSSR count). The van der Waals surface area contributed by atoms with E-state index in [2.05, 4.69) is 9.97 Å². The van der Waals surface area contributed by atoms with E-state index in [0.29, 0.717) is 18.8 Å². The average Bonchev–Trinajstić information content (AvgIpc) is 3.32. The van der Waals surface area contributed by atoms with Gasteiger partial charge in [-0.05, 0) is 35.9 Å². The second-order valence-electron chi connectivity index (χ2n) is 6.78. The zero-order valence-electron chi connectivity index (χ0n) is 14.8. The Morgan fingerprint density at radius 3 is 2.81 bits per heavy atom. The van der Waals surface area contributed by atoms with Crippen LogP contribution < -0.4 is 5.56 Å². The molecule has 1 aromatic carbocycles. The number of nitrogens with zero attached hydrogens (tertiary/aromatic N) is 2. The summed E-state index contributed by atoms with van der Waals surface area (Å²) in [5, 5.41) is 12.9. The maximum atomic E-state index is 12.8. The Kier molecular flexibility index (Phi) is 4.41. The number of aromatic amines is 1. The van der Waals surface area contributed by atoms with E-state index in [1.165, 1.54) is 22.4 Å². The van der Waals surface area contributed by atoms with Crippen molar-refractivity contribution >= 4 is 17.2 Å². The number of aryl methyl sites for hydroxylation is 1. The highest BCUT2D eigenvalue weighted by Crippen LogP contribution is 2.34. The van der Waals surface area contributed by atoms with Crippen molar-refractivity contribution in [2.45, 2.75) is 18.9 Å². The number of carbonyl (C=O) groups is 1. The molecule has 2 N–H and O–H groups in total. The molecule has 1 aliphatic heterocycles. The second-order valence-corrected chi connectivity index (χ2v) is 7.72. The van der Waals surface area contributed by atoms with Crippen molar-refractivity contribution in [1.29, 1.82) is 0 Å². The van der Waals surface area contributed by atoms with Gasteiger partial charge in [-0.2, -0.15) is 0 Å². The molecule has 6 nitrogen and oxygen atoms in total. The Labute approximate surface area is 160 Å². The molecule has 1 saturated heterocycles. The minimum atomic E-state index is -1.10. The van der Waals surface area contributed by atoms with Crippen LogP contribution in [0.3, 0.4) is 0 Å². The van der Waals surface area contributed by atoms with E-state index >= 15 is 0 Å². The van der Waals surface area contributed by atoms with Gasteiger partial charge in [0.05, 0.1) is 11.4 Å². The first-order valence-electron chi connectivity index (χ1n) is 8.69. The molecule has 0 radical (unpaired) electrons. The molecule has 2 aromatic heterocycles. The van der Waals surface area contributed by atoms with Crippen LogP contribution in [0.2, 0.25) is 0 Å². The fourth-order valence-electron chi connectivity index (χ4n) is 3.54. The smallest absolute Gasteiger partial charge is 0.264 e. The van der Waals surface area contributed by atoms with Gasteiger partial charge in [-0.15, -0.1) is 11.3 Å². The number of amides is 1. The molecule has 1 unspecified atom stereocenters. The third-order valence-electron chi connectivity index (χ3n) is 4.97. The summed E-state index contributed by atoms with van der Waals surface area (Å²) in [6, 6.07) is 11.3. The predicted octanol–water partition coefficient (Wildman–Crippen LogP) is 2.54. The minimum absolute atomic E-state index is 0.00987. The highest BCUT2D eigenvalue weighted by atomic mass is 32.1. The molecular formula is C20H19N3O3S. The Hall–Kier alpha value is -2.77. The summed E-state index contributed by atoms with van der Waals surface area (Å²) in [5.74, 6) is 0.0374. The second kappa shape index (κ2) is 6.75. The van der Waals surface area contributed by atoms with E-state index in [0.717, 1.165) is 16.0 Å². The maximum absolute atomic E-state index is 12.8. The average molecular weight is 381 g/mol. The lowest BCUT2D eigenvalue weighted by atomic mass is 9.89. The summed E-state index contributed by atoms with van der Waals surface area (Å²) in [7, 11) is 0. The van der Waals surface area contributed by atoms with E-state index in [4.69, 9.17) is 0 Å². The number of aromatic nitrogens is 2. The van der Waals surface area contributed by atoms with Gasteiger partial charge in [0.2, 0.25) is 0 Å². The largest absolute Gasteiger partial charge is 0.383 e. The van der Waals surface area contributed by atoms with Crippen LogP contribution in [-0.2, 0) is 5.60 Å². The van der Waals surface area contributed by atoms with Gasteiger partial charge in [0, 0.05) is 12.7 Å². The monoisotopic (exact) mass is 381 g/mol. The Bertz CT molecular complexity index is 1040. The molecule has 1 atom stereocenters. The predicted molar refractivity (Wildman–Crippen MR) is 104 cm³/mol. The minimum Gasteiger partial charge on any atom is -0.383 e. The van der Waals surface area contributed by atoms with E-state index < -0.39 is 17.1 Å². The van der Waals surface area contributed by atoms with Crippen LogP contribution >= 0.6 is 11.3 Å². The van der Waals surface area contributed by atoms with E-state index in [9.17, 15) is 14.7 Å². The number of H-pyrrole nitrogens is 1. The van der Waals surface area contributed by atoms with E-state index in [1.54, 1.807) is 0 Å². The molecule has 0 aliphatic carbocycles. The van der Waals surface area contributed by atoms with Crippen LogP contribution in [0.15, 0.2) is 52.8 Å². The van der Waals surface area contributed by atoms with Gasteiger partial charge in [0.15, 0.2) is 0 Å². The van der Waals surface area contributed by atoms with Crippen LogP contribution in [0.5, 0.6) is 0 Å². The Morgan fingerprint density at radius 2 is 2.11 bits per heavy atom. The number of rotatable bonds is 3. The lowest BCUT2D eigenvalue weighted by Crippen LogP contribution is -2.37. The van der Waals surface area contributed by atoms with Crippen LogP contribution in [0.1, 0.15) is 27.9 Å². The van der Waals surface area contributed by atoms with Gasteiger partial charge >= 0.3 is 0 Å². The highest BCUT2D eigenvalue weighted by molar-refractivity contribution is 7.13. The third-order valence-corrected chi connectivity index (χ3v) is 5.84. The SMILES string of the molecule is Cc1ccccc1C1(O)CCN(C(=O)c2cnc(-c3cccs3)[nH]c2=O)C1. The van der Waals surface area contributed by atoms with Gasteiger partial charge in [-0.25, -0.2) is 4.98 Å². The van der Waals surface area contributed by atoms with Crippen LogP contribution in [0.4, 0.5) is 0 Å². The summed E-state index contributed by atoms with van der Waals surface area (Å²) < 4.78 is 0. The summed E-state index contributed by atoms with van der Waals surface area (Å²) in [5.41, 5.74) is 0.224. The van der Waals surface area contributed by atoms with Crippen LogP contribution in [-0.4, -0.2) is 39.0 Å². The van der Waals surface area contributed by atoms with Gasteiger partial charge in [-0.3, -0.25) is 9.59 Å². The Balaban J connectivity index is 1.58. The third kappa shape index (κ3) is 3.20. The first-order valence-corrected chi connectivity index (χ1v) is 9.57. The van der Waals surface area contributed by atoms with Crippen molar-refractivity contribution in [2.75, 3.05) is 13.1 Å². The highest BCUT2D eigenvalue weighted by Gasteiger charge is 2.41. The standard InChI is InChI=1S/C20H19N3O3S/c1-13-5-2-3-6-15(13)20(26)8-9-23(12-20)19(25)14-11-21-17(22-18(14)24)16-7-4-10-27-16/h2-7,10-11,26H,8-9,12H2,1H3,(H,21,22,24). The summed E-state index contributed by atoms with van der Waals surface area (Å²) in [4.78, 5) is 34.5. The topological polar surface area (TPSA) is 86.3 Å². The molecular weight excluding hydrogens is 362 g/mol. The van der Waals surface area contributed by atoms with Gasteiger partial charge in [0.1, 0.15) is 17.0 Å². The quantitative estimate of drug-likeness (QED) is 0.730. The lowest BCUT2D eigenvalue weighted by Gasteiger charge is -2.25. The molecule has 0 bridgehead atoms. The maximum Gasteiger partial charge on any atom is 0.264 e. The molecule has 0 saturated carbocycles. The van der Waals surface area contributed by atoms with Crippen LogP contribution in [0, 0.1) is 6.92 Å². The normalized spacial score (nSPS) is 19.4. The first-order chi connectivity index (χ1) is 13.0. The van der Waals surface area contributed by atoms with Gasteiger partial charge in [-0.1, -0.05) is 30.3 Å². The van der Waals surface area contributed by atoms with Crippen molar-refractivity contribution < 1.29 is 9.90 Å². The molecule has 1 aliphatic rings. The summed E-state index contributed by atoms with van der Waals surface area (Å²) in [6.07, 6.45) is 1.75. The van der Waals surface area contributed by atoms with E-state index in [-0.39, 0.29) is 12.1 Å². The number of aliphatic hydroxyl groups is 1. The zero-order chi connectivity index (χ0) is 19.0. The van der Waals surface area contributed by atoms with Gasteiger partial charge < -0.3 is 15.0 Å². The number of thiophene rings is 1. The molecule has 7 heteroatoms. The molecule has 0 spiro atoms. The van der Waals surface area contributed by atoms with Crippen molar-refractivity contribution in [3.63, 3.8) is 0 Å². The van der Waals surface area contributed by atoms with Crippen LogP contribution in [0.25, 0.3) is 10.7 Å². The number of likely N-dealkylation sites (tertiary alicyclic amines) is 1. The number of benzene rings is 1. The summed E-state index contributed by atoms with van der Waals surface area (Å²) >= 11 is 1.46. The number of nitrogens with one attached hydrogen (secondary N) is 1. The fraction of sp³-hybridized carbons (Fsp3) is 0.250. The van der Waals surface area contributed by atoms with Crippen molar-refractivity contribution in [2.24, 2.45) is 0 Å². The zero-order valence-corrected chi connectivity index (χ0v) is 15.6. The number of carbonyl (C=O) groups excluding carboxylic acids is 1. The van der Waals surface area contributed by atoms with Crippen molar-refractivity contribution in [3.05, 3.63) is 75.0 Å². The number of hydrogen-bond donors (Lipinski definition) is 2. The molecule has 138 valence electrons. The molecule has 3 heterocycles. The number of β-amino-alcohol motifs (C(OH)–C–C–N with tert-alkyl or cyclic N) is 1. The molecule has 3 aromatic rings. The molecule has 1 fully saturated rings. The fourth-order valence-corrected chi connectivity index (χ4v) is 4.21. The van der Waals surface area contributed by atoms with E-state index in [1.807, 2.05) is 48.7 Å². The lowest BCUT2D eigenvalue weighted by molar-refractivity contribution is 0.0412. The summed E-state index contributed by atoms with van der Waals surface area (Å²) in [6.45, 7) is 2.48.